The predicted molar refractivity (Wildman–Crippen MR) is 95.3 cm³/mol. The Morgan fingerprint density at radius 3 is 2.68 bits per heavy atom. The average molecular weight is 406 g/mol. The number of hydrogen-bond acceptors (Lipinski definition) is 4. The van der Waals surface area contributed by atoms with Gasteiger partial charge in [-0.15, -0.1) is 0 Å². The van der Waals surface area contributed by atoms with Gasteiger partial charge in [-0.1, -0.05) is 0 Å². The van der Waals surface area contributed by atoms with E-state index in [1.54, 1.807) is 12.3 Å². The fourth-order valence-corrected chi connectivity index (χ4v) is 3.65. The summed E-state index contributed by atoms with van der Waals surface area (Å²) < 4.78 is 2.23. The molecule has 1 N–H and O–H groups in total. The van der Waals surface area contributed by atoms with Crippen molar-refractivity contribution in [3.8, 4) is 0 Å². The van der Waals surface area contributed by atoms with Crippen LogP contribution in [0.1, 0.15) is 49.2 Å². The highest BCUT2D eigenvalue weighted by Crippen LogP contribution is 2.38. The van der Waals surface area contributed by atoms with Crippen LogP contribution in [0.25, 0.3) is 0 Å². The minimum absolute atomic E-state index is 0.0186. The fourth-order valence-electron chi connectivity index (χ4n) is 3.27. The second kappa shape index (κ2) is 6.74. The van der Waals surface area contributed by atoms with Crippen LogP contribution in [0, 0.1) is 0 Å². The van der Waals surface area contributed by atoms with Crippen molar-refractivity contribution < 1.29 is 4.79 Å². The van der Waals surface area contributed by atoms with E-state index in [1.165, 1.54) is 23.5 Å². The number of halogens is 1. The van der Waals surface area contributed by atoms with Gasteiger partial charge >= 0.3 is 0 Å². The molecule has 25 heavy (non-hydrogen) atoms. The summed E-state index contributed by atoms with van der Waals surface area (Å²) in [4.78, 5) is 30.8. The second-order valence-corrected chi connectivity index (χ2v) is 7.74. The lowest BCUT2D eigenvalue weighted by atomic mass is 9.96. The summed E-state index contributed by atoms with van der Waals surface area (Å²) in [6.45, 7) is 1.45. The smallest absolute Gasteiger partial charge is 0.251 e. The molecule has 0 unspecified atom stereocenters. The van der Waals surface area contributed by atoms with Crippen LogP contribution < -0.4 is 5.56 Å². The van der Waals surface area contributed by atoms with E-state index < -0.39 is 0 Å². The number of amides is 1. The van der Waals surface area contributed by atoms with E-state index in [0.717, 1.165) is 29.0 Å². The first-order valence-corrected chi connectivity index (χ1v) is 9.45. The molecule has 2 aliphatic rings. The summed E-state index contributed by atoms with van der Waals surface area (Å²) in [5.74, 6) is 2.77. The van der Waals surface area contributed by atoms with E-state index >= 15 is 0 Å². The van der Waals surface area contributed by atoms with Gasteiger partial charge in [0, 0.05) is 41.7 Å². The van der Waals surface area contributed by atoms with E-state index in [0.29, 0.717) is 24.9 Å². The van der Waals surface area contributed by atoms with Crippen molar-refractivity contribution in [2.24, 2.45) is 0 Å². The highest BCUT2D eigenvalue weighted by atomic mass is 79.9. The molecule has 0 bridgehead atoms. The molecule has 1 saturated heterocycles. The highest BCUT2D eigenvalue weighted by Gasteiger charge is 2.30. The number of hydrogen-bond donors (Lipinski definition) is 1. The Morgan fingerprint density at radius 1 is 1.20 bits per heavy atom. The van der Waals surface area contributed by atoms with Gasteiger partial charge in [-0.3, -0.25) is 14.7 Å². The normalized spacial score (nSPS) is 18.5. The summed E-state index contributed by atoms with van der Waals surface area (Å²) in [6.07, 6.45) is 5.79. The van der Waals surface area contributed by atoms with Gasteiger partial charge in [0.05, 0.1) is 0 Å². The number of nitrogens with zero attached hydrogens (tertiary/aromatic N) is 4. The minimum Gasteiger partial charge on any atom is -0.341 e. The molecular weight excluding hydrogens is 386 g/mol. The van der Waals surface area contributed by atoms with Crippen LogP contribution in [-0.2, 0) is 11.3 Å². The lowest BCUT2D eigenvalue weighted by molar-refractivity contribution is -0.133. The number of rotatable bonds is 4. The molecule has 3 heterocycles. The Morgan fingerprint density at radius 2 is 1.96 bits per heavy atom. The molecule has 4 rings (SSSR count). The van der Waals surface area contributed by atoms with Gasteiger partial charge in [0.25, 0.3) is 5.56 Å². The largest absolute Gasteiger partial charge is 0.341 e. The van der Waals surface area contributed by atoms with Crippen molar-refractivity contribution in [2.45, 2.75) is 44.1 Å². The molecule has 0 atom stereocenters. The molecule has 1 saturated carbocycles. The first kappa shape index (κ1) is 16.5. The van der Waals surface area contributed by atoms with Gasteiger partial charge in [-0.25, -0.2) is 4.98 Å². The van der Waals surface area contributed by atoms with Crippen LogP contribution >= 0.6 is 15.9 Å². The zero-order valence-corrected chi connectivity index (χ0v) is 15.4. The molecular formula is C17H20BrN5O2. The Balaban J connectivity index is 1.35. The molecule has 0 spiro atoms. The first-order valence-electron chi connectivity index (χ1n) is 8.66. The van der Waals surface area contributed by atoms with E-state index in [9.17, 15) is 9.59 Å². The molecule has 1 amide bonds. The molecule has 1 aliphatic carbocycles. The first-order chi connectivity index (χ1) is 12.1. The molecule has 2 fully saturated rings. The maximum atomic E-state index is 12.5. The van der Waals surface area contributed by atoms with Crippen molar-refractivity contribution >= 4 is 21.8 Å². The molecule has 1 aliphatic heterocycles. The van der Waals surface area contributed by atoms with Crippen LogP contribution in [-0.4, -0.2) is 43.6 Å². The monoisotopic (exact) mass is 405 g/mol. The number of aromatic amines is 1. The van der Waals surface area contributed by atoms with Crippen LogP contribution in [0.3, 0.4) is 0 Å². The third kappa shape index (κ3) is 3.68. The van der Waals surface area contributed by atoms with Crippen molar-refractivity contribution in [1.82, 2.24) is 24.6 Å². The van der Waals surface area contributed by atoms with Crippen LogP contribution in [0.5, 0.6) is 0 Å². The second-order valence-electron chi connectivity index (χ2n) is 6.82. The number of pyridine rings is 1. The van der Waals surface area contributed by atoms with Crippen molar-refractivity contribution in [3.05, 3.63) is 44.8 Å². The quantitative estimate of drug-likeness (QED) is 0.842. The molecule has 8 heteroatoms. The minimum atomic E-state index is -0.166. The third-order valence-electron chi connectivity index (χ3n) is 4.95. The zero-order valence-electron chi connectivity index (χ0n) is 13.8. The molecule has 0 aromatic carbocycles. The number of carbonyl (C=O) groups is 1. The lowest BCUT2D eigenvalue weighted by Crippen LogP contribution is -2.41. The number of likely N-dealkylation sites (tertiary alicyclic amines) is 1. The van der Waals surface area contributed by atoms with Gasteiger partial charge in [0.15, 0.2) is 5.82 Å². The average Bonchev–Trinajstić information content (AvgIpc) is 3.35. The standard InChI is InChI=1S/C17H20BrN5O2/c18-13-3-4-14(24)23(9-13)10-15(25)22-7-5-12(6-8-22)17-19-16(20-21-17)11-1-2-11/h3-4,9,11-12H,1-2,5-8,10H2,(H,19,20,21). The van der Waals surface area contributed by atoms with E-state index in [4.69, 9.17) is 0 Å². The summed E-state index contributed by atoms with van der Waals surface area (Å²) in [7, 11) is 0. The molecule has 2 aromatic heterocycles. The number of nitrogens with one attached hydrogen (secondary N) is 1. The Bertz CT molecular complexity index is 834. The lowest BCUT2D eigenvalue weighted by Gasteiger charge is -2.31. The fraction of sp³-hybridized carbons (Fsp3) is 0.529. The van der Waals surface area contributed by atoms with Gasteiger partial charge in [0.1, 0.15) is 12.4 Å². The summed E-state index contributed by atoms with van der Waals surface area (Å²) in [5.41, 5.74) is -0.166. The SMILES string of the molecule is O=C(Cn1cc(Br)ccc1=O)N1CCC(c2nc(C3CC3)n[nH]2)CC1. The van der Waals surface area contributed by atoms with E-state index in [2.05, 4.69) is 31.1 Å². The summed E-state index contributed by atoms with van der Waals surface area (Å²) >= 11 is 3.33. The molecule has 0 radical (unpaired) electrons. The maximum Gasteiger partial charge on any atom is 0.251 e. The number of H-pyrrole nitrogens is 1. The van der Waals surface area contributed by atoms with Gasteiger partial charge in [-0.2, -0.15) is 5.10 Å². The molecule has 2 aromatic rings. The van der Waals surface area contributed by atoms with Crippen molar-refractivity contribution in [1.29, 1.82) is 0 Å². The number of aromatic nitrogens is 4. The third-order valence-corrected chi connectivity index (χ3v) is 5.42. The zero-order chi connectivity index (χ0) is 17.4. The van der Waals surface area contributed by atoms with Crippen LogP contribution in [0.2, 0.25) is 0 Å². The van der Waals surface area contributed by atoms with E-state index in [-0.39, 0.29) is 18.0 Å². The summed E-state index contributed by atoms with van der Waals surface area (Å²) in [5, 5.41) is 7.40. The number of piperidine rings is 1. The van der Waals surface area contributed by atoms with Crippen molar-refractivity contribution in [3.63, 3.8) is 0 Å². The topological polar surface area (TPSA) is 83.9 Å². The maximum absolute atomic E-state index is 12.5. The van der Waals surface area contributed by atoms with Gasteiger partial charge in [-0.05, 0) is 47.7 Å². The van der Waals surface area contributed by atoms with Gasteiger partial charge in [0.2, 0.25) is 5.91 Å². The predicted octanol–water partition coefficient (Wildman–Crippen LogP) is 2.01. The summed E-state index contributed by atoms with van der Waals surface area (Å²) in [6, 6.07) is 3.15. The molecule has 132 valence electrons. The van der Waals surface area contributed by atoms with Crippen molar-refractivity contribution in [2.75, 3.05) is 13.1 Å². The number of carbonyl (C=O) groups excluding carboxylic acids is 1. The molecule has 7 nitrogen and oxygen atoms in total. The highest BCUT2D eigenvalue weighted by molar-refractivity contribution is 9.10. The van der Waals surface area contributed by atoms with E-state index in [1.807, 2.05) is 4.90 Å². The van der Waals surface area contributed by atoms with Crippen LogP contribution in [0.15, 0.2) is 27.6 Å². The Hall–Kier alpha value is -1.96. The Kier molecular flexibility index (Phi) is 4.45. The Labute approximate surface area is 153 Å². The van der Waals surface area contributed by atoms with Crippen LogP contribution in [0.4, 0.5) is 0 Å². The van der Waals surface area contributed by atoms with Gasteiger partial charge < -0.3 is 9.47 Å².